The monoisotopic (exact) mass is 432 g/mol. The molecule has 0 saturated carbocycles. The van der Waals surface area contributed by atoms with Crippen LogP contribution >= 0.6 is 35.7 Å². The molecule has 1 aliphatic heterocycles. The lowest BCUT2D eigenvalue weighted by Crippen LogP contribution is -2.32. The maximum absolute atomic E-state index is 12.2. The smallest absolute Gasteiger partial charge is 0.323 e. The number of thioether (sulfide) groups is 2. The molecule has 2 heterocycles. The number of aromatic nitrogens is 2. The molecule has 1 aromatic heterocycles. The summed E-state index contributed by atoms with van der Waals surface area (Å²) in [5.74, 6) is 0.555. The van der Waals surface area contributed by atoms with Gasteiger partial charge >= 0.3 is 12.2 Å². The third-order valence-electron chi connectivity index (χ3n) is 3.19. The highest BCUT2D eigenvalue weighted by molar-refractivity contribution is 8.02. The lowest BCUT2D eigenvalue weighted by Gasteiger charge is -2.21. The predicted molar refractivity (Wildman–Crippen MR) is 107 cm³/mol. The molecular formula is C14H20N6O4S3. The molecule has 0 atom stereocenters. The minimum Gasteiger partial charge on any atom is -0.323 e. The molecule has 0 spiro atoms. The van der Waals surface area contributed by atoms with E-state index in [2.05, 4.69) is 22.2 Å². The van der Waals surface area contributed by atoms with E-state index in [1.807, 2.05) is 13.8 Å². The highest BCUT2D eigenvalue weighted by Gasteiger charge is 2.38. The minimum atomic E-state index is -0.747. The zero-order valence-corrected chi connectivity index (χ0v) is 17.9. The van der Waals surface area contributed by atoms with Gasteiger partial charge in [-0.05, 0) is 20.1 Å². The molecule has 2 amide bonds. The molecule has 2 rings (SSSR count). The summed E-state index contributed by atoms with van der Waals surface area (Å²) in [6.45, 7) is 7.53. The third kappa shape index (κ3) is 5.26. The van der Waals surface area contributed by atoms with Crippen LogP contribution in [0.5, 0.6) is 0 Å². The van der Waals surface area contributed by atoms with Crippen LogP contribution < -0.4 is 5.48 Å². The van der Waals surface area contributed by atoms with Crippen LogP contribution in [-0.4, -0.2) is 61.3 Å². The molecule has 0 fully saturated rings. The third-order valence-corrected chi connectivity index (χ3v) is 5.73. The number of carbonyl (C=O) groups is 2. The number of nitrogens with one attached hydrogen (secondary N) is 1. The Morgan fingerprint density at radius 1 is 1.37 bits per heavy atom. The van der Waals surface area contributed by atoms with Crippen molar-refractivity contribution in [2.24, 2.45) is 5.16 Å². The number of hydrogen-bond donors (Lipinski definition) is 1. The summed E-state index contributed by atoms with van der Waals surface area (Å²) in [4.78, 5) is 38.1. The molecule has 0 bridgehead atoms. The van der Waals surface area contributed by atoms with E-state index in [1.165, 1.54) is 37.6 Å². The Bertz CT molecular complexity index is 766. The van der Waals surface area contributed by atoms with E-state index in [0.29, 0.717) is 10.9 Å². The van der Waals surface area contributed by atoms with Crippen molar-refractivity contribution in [2.75, 3.05) is 20.4 Å². The van der Waals surface area contributed by atoms with Crippen LogP contribution in [0.4, 0.5) is 9.59 Å². The van der Waals surface area contributed by atoms with E-state index in [9.17, 15) is 9.59 Å². The van der Waals surface area contributed by atoms with E-state index in [0.717, 1.165) is 25.9 Å². The molecule has 0 radical (unpaired) electrons. The first-order chi connectivity index (χ1) is 12.7. The normalized spacial score (nSPS) is 15.8. The first kappa shape index (κ1) is 21.3. The van der Waals surface area contributed by atoms with Gasteiger partial charge in [0.05, 0.1) is 21.9 Å². The summed E-state index contributed by atoms with van der Waals surface area (Å²) in [5, 5.41) is 5.24. The van der Waals surface area contributed by atoms with Crippen LogP contribution in [0, 0.1) is 0 Å². The molecule has 0 aliphatic carbocycles. The lowest BCUT2D eigenvalue weighted by molar-refractivity contribution is 0.0964. The molecule has 10 nitrogen and oxygen atoms in total. The second-order valence-electron chi connectivity index (χ2n) is 5.64. The van der Waals surface area contributed by atoms with E-state index in [4.69, 9.17) is 9.68 Å². The lowest BCUT2D eigenvalue weighted by atomic mass is 10.2. The Morgan fingerprint density at radius 3 is 2.70 bits per heavy atom. The van der Waals surface area contributed by atoms with Crippen LogP contribution in [0.25, 0.3) is 0 Å². The minimum absolute atomic E-state index is 0.387. The fraction of sp³-hybridized carbons (Fsp3) is 0.429. The molecule has 0 aromatic carbocycles. The second kappa shape index (κ2) is 8.80. The van der Waals surface area contributed by atoms with E-state index in [-0.39, 0.29) is 4.75 Å². The average molecular weight is 433 g/mol. The van der Waals surface area contributed by atoms with Crippen LogP contribution in [-0.2, 0) is 9.68 Å². The SMILES string of the molecule is C=C(NOC(=O)N(C)SN(C)C(=O)ON=C1n2ccnc2SC1(C)C)SC. The van der Waals surface area contributed by atoms with Gasteiger partial charge in [-0.15, -0.1) is 11.8 Å². The first-order valence-corrected chi connectivity index (χ1v) is 10.3. The quantitative estimate of drug-likeness (QED) is 0.413. The van der Waals surface area contributed by atoms with Gasteiger partial charge in [-0.3, -0.25) is 9.40 Å². The molecule has 1 aliphatic rings. The average Bonchev–Trinajstić information content (AvgIpc) is 3.14. The summed E-state index contributed by atoms with van der Waals surface area (Å²) < 4.78 is 3.59. The Kier molecular flexibility index (Phi) is 6.95. The molecule has 27 heavy (non-hydrogen) atoms. The Hall–Kier alpha value is -1.99. The number of rotatable bonds is 6. The van der Waals surface area contributed by atoms with Crippen molar-refractivity contribution in [3.63, 3.8) is 0 Å². The van der Waals surface area contributed by atoms with Gasteiger partial charge in [0, 0.05) is 26.5 Å². The van der Waals surface area contributed by atoms with Crippen molar-refractivity contribution in [1.82, 2.24) is 23.6 Å². The Morgan fingerprint density at radius 2 is 2.04 bits per heavy atom. The standard InChI is InChI=1S/C14H20N6O4S3/c1-9(25-6)16-23-12(21)18(4)27-19(5)13(22)24-17-10-14(2,3)26-11-15-7-8-20(10)11/h7-8,16H,1H2,2-6H3. The maximum atomic E-state index is 12.2. The van der Waals surface area contributed by atoms with Gasteiger partial charge in [0.2, 0.25) is 0 Å². The van der Waals surface area contributed by atoms with Crippen molar-refractivity contribution in [3.8, 4) is 0 Å². The highest BCUT2D eigenvalue weighted by Crippen LogP contribution is 2.39. The van der Waals surface area contributed by atoms with E-state index < -0.39 is 12.2 Å². The molecule has 13 heteroatoms. The zero-order chi connectivity index (χ0) is 20.2. The van der Waals surface area contributed by atoms with Crippen molar-refractivity contribution in [3.05, 3.63) is 24.0 Å². The van der Waals surface area contributed by atoms with Crippen molar-refractivity contribution < 1.29 is 19.3 Å². The van der Waals surface area contributed by atoms with E-state index >= 15 is 0 Å². The molecule has 0 saturated heterocycles. The van der Waals surface area contributed by atoms with Crippen molar-refractivity contribution in [1.29, 1.82) is 0 Å². The zero-order valence-electron chi connectivity index (χ0n) is 15.5. The summed E-state index contributed by atoms with van der Waals surface area (Å²) in [7, 11) is 2.89. The fourth-order valence-electron chi connectivity index (χ4n) is 1.84. The Labute approximate surface area is 169 Å². The van der Waals surface area contributed by atoms with Gasteiger partial charge in [-0.2, -0.15) is 0 Å². The summed E-state index contributed by atoms with van der Waals surface area (Å²) in [6, 6.07) is 0. The molecule has 1 N–H and O–H groups in total. The van der Waals surface area contributed by atoms with Gasteiger partial charge < -0.3 is 4.84 Å². The van der Waals surface area contributed by atoms with Crippen LogP contribution in [0.15, 0.2) is 34.3 Å². The first-order valence-electron chi connectivity index (χ1n) is 7.53. The van der Waals surface area contributed by atoms with Gasteiger partial charge in [0.15, 0.2) is 11.0 Å². The topological polar surface area (TPSA) is 101 Å². The summed E-state index contributed by atoms with van der Waals surface area (Å²) in [5.41, 5.74) is 2.39. The van der Waals surface area contributed by atoms with Crippen LogP contribution in [0.3, 0.4) is 0 Å². The molecular weight excluding hydrogens is 412 g/mol. The number of hydroxylamine groups is 1. The fourth-order valence-corrected chi connectivity index (χ4v) is 3.58. The van der Waals surface area contributed by atoms with Gasteiger partial charge in [-0.1, -0.05) is 23.5 Å². The highest BCUT2D eigenvalue weighted by atomic mass is 32.2. The molecule has 0 unspecified atom stereocenters. The number of imidazole rings is 1. The molecule has 1 aromatic rings. The van der Waals surface area contributed by atoms with Gasteiger partial charge in [-0.25, -0.2) is 28.7 Å². The number of oxime groups is 1. The van der Waals surface area contributed by atoms with Gasteiger partial charge in [0.1, 0.15) is 0 Å². The Balaban J connectivity index is 1.90. The number of fused-ring (bicyclic) bond motifs is 1. The van der Waals surface area contributed by atoms with E-state index in [1.54, 1.807) is 23.2 Å². The number of hydrogen-bond acceptors (Lipinski definition) is 10. The van der Waals surface area contributed by atoms with Crippen molar-refractivity contribution >= 4 is 53.7 Å². The number of nitrogens with zero attached hydrogens (tertiary/aromatic N) is 5. The molecule has 148 valence electrons. The number of carbonyl (C=O) groups excluding carboxylic acids is 2. The second-order valence-corrected chi connectivity index (χ2v) is 9.39. The largest absolute Gasteiger partial charge is 0.447 e. The van der Waals surface area contributed by atoms with Crippen molar-refractivity contribution in [2.45, 2.75) is 23.8 Å². The van der Waals surface area contributed by atoms with Gasteiger partial charge in [0.25, 0.3) is 0 Å². The summed E-state index contributed by atoms with van der Waals surface area (Å²) in [6.07, 6.45) is 3.73. The maximum Gasteiger partial charge on any atom is 0.447 e. The summed E-state index contributed by atoms with van der Waals surface area (Å²) >= 11 is 3.61. The van der Waals surface area contributed by atoms with Crippen LogP contribution in [0.2, 0.25) is 0 Å². The number of amides is 2. The van der Waals surface area contributed by atoms with Crippen LogP contribution in [0.1, 0.15) is 13.8 Å². The predicted octanol–water partition coefficient (Wildman–Crippen LogP) is 2.97.